The van der Waals surface area contributed by atoms with Gasteiger partial charge < -0.3 is 4.74 Å². The first-order valence-electron chi connectivity index (χ1n) is 9.53. The summed E-state index contributed by atoms with van der Waals surface area (Å²) in [5.41, 5.74) is 1.25. The SMILES string of the molecule is O=C(c1ccccc1)c1ccc(OCCCCNS(=O)(=O)c2cccc(Cl)c2)cc1. The van der Waals surface area contributed by atoms with Crippen molar-refractivity contribution in [2.45, 2.75) is 17.7 Å². The largest absolute Gasteiger partial charge is 0.494 e. The molecule has 156 valence electrons. The maximum Gasteiger partial charge on any atom is 0.240 e. The fraction of sp³-hybridized carbons (Fsp3) is 0.174. The van der Waals surface area contributed by atoms with Gasteiger partial charge in [-0.2, -0.15) is 0 Å². The first-order chi connectivity index (χ1) is 14.5. The zero-order chi connectivity index (χ0) is 21.4. The molecule has 0 radical (unpaired) electrons. The summed E-state index contributed by atoms with van der Waals surface area (Å²) >= 11 is 5.84. The van der Waals surface area contributed by atoms with Gasteiger partial charge in [-0.25, -0.2) is 13.1 Å². The Morgan fingerprint density at radius 1 is 0.867 bits per heavy atom. The molecule has 0 heterocycles. The van der Waals surface area contributed by atoms with Crippen molar-refractivity contribution in [1.82, 2.24) is 4.72 Å². The molecule has 1 N–H and O–H groups in total. The predicted molar refractivity (Wildman–Crippen MR) is 118 cm³/mol. The topological polar surface area (TPSA) is 72.5 Å². The summed E-state index contributed by atoms with van der Waals surface area (Å²) in [7, 11) is -3.57. The molecule has 0 unspecified atom stereocenters. The number of carbonyl (C=O) groups excluding carboxylic acids is 1. The molecule has 5 nitrogen and oxygen atoms in total. The van der Waals surface area contributed by atoms with E-state index in [1.165, 1.54) is 12.1 Å². The van der Waals surface area contributed by atoms with Crippen molar-refractivity contribution in [1.29, 1.82) is 0 Å². The van der Waals surface area contributed by atoms with Gasteiger partial charge in [-0.05, 0) is 55.3 Å². The second kappa shape index (κ2) is 10.4. The molecule has 0 aromatic heterocycles. The fourth-order valence-corrected chi connectivity index (χ4v) is 4.17. The molecule has 0 fully saturated rings. The number of unbranched alkanes of at least 4 members (excludes halogenated alkanes) is 1. The first kappa shape index (κ1) is 22.0. The second-order valence-corrected chi connectivity index (χ2v) is 8.83. The Bertz CT molecular complexity index is 1080. The van der Waals surface area contributed by atoms with Crippen LogP contribution in [0.3, 0.4) is 0 Å². The van der Waals surface area contributed by atoms with E-state index in [0.29, 0.717) is 47.9 Å². The molecule has 0 saturated heterocycles. The summed E-state index contributed by atoms with van der Waals surface area (Å²) < 4.78 is 32.6. The number of hydrogen-bond donors (Lipinski definition) is 1. The van der Waals surface area contributed by atoms with Gasteiger partial charge in [0.2, 0.25) is 10.0 Å². The summed E-state index contributed by atoms with van der Waals surface area (Å²) in [6, 6.07) is 22.3. The highest BCUT2D eigenvalue weighted by molar-refractivity contribution is 7.89. The van der Waals surface area contributed by atoms with Gasteiger partial charge in [0.1, 0.15) is 5.75 Å². The lowest BCUT2D eigenvalue weighted by molar-refractivity contribution is 0.103. The van der Waals surface area contributed by atoms with Crippen LogP contribution in [-0.2, 0) is 10.0 Å². The van der Waals surface area contributed by atoms with E-state index in [-0.39, 0.29) is 10.7 Å². The molecule has 0 aliphatic carbocycles. The third-order valence-corrected chi connectivity index (χ3v) is 6.08. The minimum absolute atomic E-state index is 0.0332. The number of carbonyl (C=O) groups is 1. The van der Waals surface area contributed by atoms with Crippen LogP contribution in [-0.4, -0.2) is 27.4 Å². The van der Waals surface area contributed by atoms with Crippen molar-refractivity contribution in [3.8, 4) is 5.75 Å². The molecule has 0 saturated carbocycles. The summed E-state index contributed by atoms with van der Waals surface area (Å²) in [6.07, 6.45) is 1.31. The van der Waals surface area contributed by atoms with E-state index in [1.807, 2.05) is 18.2 Å². The van der Waals surface area contributed by atoms with Crippen LogP contribution in [0, 0.1) is 0 Å². The Morgan fingerprint density at radius 2 is 1.57 bits per heavy atom. The van der Waals surface area contributed by atoms with Crippen molar-refractivity contribution in [2.24, 2.45) is 0 Å². The van der Waals surface area contributed by atoms with Crippen LogP contribution in [0.4, 0.5) is 0 Å². The Morgan fingerprint density at radius 3 is 2.27 bits per heavy atom. The molecule has 7 heteroatoms. The summed E-state index contributed by atoms with van der Waals surface area (Å²) in [5.74, 6) is 0.633. The van der Waals surface area contributed by atoms with Crippen LogP contribution < -0.4 is 9.46 Å². The lowest BCUT2D eigenvalue weighted by Crippen LogP contribution is -2.25. The Hall–Kier alpha value is -2.67. The van der Waals surface area contributed by atoms with Gasteiger partial charge in [-0.3, -0.25) is 4.79 Å². The molecule has 0 bridgehead atoms. The highest BCUT2D eigenvalue weighted by Crippen LogP contribution is 2.17. The number of ether oxygens (including phenoxy) is 1. The zero-order valence-corrected chi connectivity index (χ0v) is 17.8. The predicted octanol–water partition coefficient (Wildman–Crippen LogP) is 4.71. The van der Waals surface area contributed by atoms with Gasteiger partial charge in [0.25, 0.3) is 0 Å². The molecule has 0 aliphatic heterocycles. The molecule has 0 atom stereocenters. The number of benzene rings is 3. The molecule has 3 aromatic carbocycles. The van der Waals surface area contributed by atoms with Crippen molar-refractivity contribution >= 4 is 27.4 Å². The normalized spacial score (nSPS) is 11.2. The average Bonchev–Trinajstić information content (AvgIpc) is 2.76. The zero-order valence-electron chi connectivity index (χ0n) is 16.3. The van der Waals surface area contributed by atoms with Crippen LogP contribution in [0.25, 0.3) is 0 Å². The third-order valence-electron chi connectivity index (χ3n) is 4.39. The van der Waals surface area contributed by atoms with E-state index in [9.17, 15) is 13.2 Å². The number of halogens is 1. The smallest absolute Gasteiger partial charge is 0.240 e. The Labute approximate surface area is 181 Å². The third kappa shape index (κ3) is 6.16. The lowest BCUT2D eigenvalue weighted by Gasteiger charge is -2.09. The number of nitrogens with one attached hydrogen (secondary N) is 1. The van der Waals surface area contributed by atoms with Gasteiger partial charge >= 0.3 is 0 Å². The second-order valence-electron chi connectivity index (χ2n) is 6.63. The van der Waals surface area contributed by atoms with Gasteiger partial charge in [0.05, 0.1) is 11.5 Å². The number of ketones is 1. The van der Waals surface area contributed by atoms with Crippen molar-refractivity contribution < 1.29 is 17.9 Å². The maximum atomic E-state index is 12.4. The van der Waals surface area contributed by atoms with Crippen molar-refractivity contribution in [2.75, 3.05) is 13.2 Å². The maximum absolute atomic E-state index is 12.4. The Kier molecular flexibility index (Phi) is 7.63. The molecule has 3 aromatic rings. The monoisotopic (exact) mass is 443 g/mol. The van der Waals surface area contributed by atoms with E-state index in [2.05, 4.69) is 4.72 Å². The molecule has 0 amide bonds. The summed E-state index contributed by atoms with van der Waals surface area (Å²) in [6.45, 7) is 0.758. The first-order valence-corrected chi connectivity index (χ1v) is 11.4. The van der Waals surface area contributed by atoms with Crippen LogP contribution >= 0.6 is 11.6 Å². The van der Waals surface area contributed by atoms with E-state index >= 15 is 0 Å². The van der Waals surface area contributed by atoms with Crippen molar-refractivity contribution in [3.63, 3.8) is 0 Å². The summed E-state index contributed by atoms with van der Waals surface area (Å²) in [5, 5.41) is 0.378. The van der Waals surface area contributed by atoms with Crippen LogP contribution in [0.1, 0.15) is 28.8 Å². The van der Waals surface area contributed by atoms with E-state index < -0.39 is 10.0 Å². The highest BCUT2D eigenvalue weighted by atomic mass is 35.5. The number of hydrogen-bond acceptors (Lipinski definition) is 4. The lowest BCUT2D eigenvalue weighted by atomic mass is 10.0. The molecular formula is C23H22ClNO4S. The van der Waals surface area contributed by atoms with Crippen LogP contribution in [0.15, 0.2) is 83.8 Å². The van der Waals surface area contributed by atoms with Gasteiger partial charge in [-0.15, -0.1) is 0 Å². The molecule has 0 aliphatic rings. The van der Waals surface area contributed by atoms with E-state index in [1.54, 1.807) is 48.5 Å². The minimum atomic E-state index is -3.57. The average molecular weight is 444 g/mol. The molecule has 30 heavy (non-hydrogen) atoms. The molecular weight excluding hydrogens is 422 g/mol. The quantitative estimate of drug-likeness (QED) is 0.364. The molecule has 3 rings (SSSR count). The Balaban J connectivity index is 1.40. The van der Waals surface area contributed by atoms with Gasteiger partial charge in [0, 0.05) is 22.7 Å². The van der Waals surface area contributed by atoms with Gasteiger partial charge in [-0.1, -0.05) is 48.0 Å². The summed E-state index contributed by atoms with van der Waals surface area (Å²) in [4.78, 5) is 12.5. The van der Waals surface area contributed by atoms with Gasteiger partial charge in [0.15, 0.2) is 5.78 Å². The van der Waals surface area contributed by atoms with Crippen LogP contribution in [0.2, 0.25) is 5.02 Å². The highest BCUT2D eigenvalue weighted by Gasteiger charge is 2.13. The molecule has 0 spiro atoms. The minimum Gasteiger partial charge on any atom is -0.494 e. The number of rotatable bonds is 10. The van der Waals surface area contributed by atoms with E-state index in [4.69, 9.17) is 16.3 Å². The standard InChI is InChI=1S/C23H22ClNO4S/c24-20-9-6-10-22(17-20)30(27,28)25-15-4-5-16-29-21-13-11-19(12-14-21)23(26)18-7-2-1-3-8-18/h1-3,6-14,17,25H,4-5,15-16H2. The number of sulfonamides is 1. The van der Waals surface area contributed by atoms with Crippen LogP contribution in [0.5, 0.6) is 5.75 Å². The van der Waals surface area contributed by atoms with E-state index in [0.717, 1.165) is 0 Å². The van der Waals surface area contributed by atoms with Crippen molar-refractivity contribution in [3.05, 3.63) is 95.0 Å². The fourth-order valence-electron chi connectivity index (χ4n) is 2.80.